The molecule has 1 aliphatic rings. The first-order chi connectivity index (χ1) is 8.69. The van der Waals surface area contributed by atoms with Crippen molar-refractivity contribution in [2.24, 2.45) is 0 Å². The van der Waals surface area contributed by atoms with Gasteiger partial charge in [-0.2, -0.15) is 0 Å². The minimum Gasteiger partial charge on any atom is -0.466 e. The van der Waals surface area contributed by atoms with Crippen molar-refractivity contribution in [3.05, 3.63) is 47.5 Å². The van der Waals surface area contributed by atoms with E-state index in [0.29, 0.717) is 5.56 Å². The standard InChI is InChI=1S/C15H18O3/c1-18-14(16)15(17,12-8-4-2-5-9-12)13-10-6-3-7-11-13/h2,4-5,8-10,17H,3,6-7,11H2,1H3. The summed E-state index contributed by atoms with van der Waals surface area (Å²) in [6.45, 7) is 0. The van der Waals surface area contributed by atoms with Crippen molar-refractivity contribution in [2.75, 3.05) is 7.11 Å². The third-order valence-corrected chi connectivity index (χ3v) is 3.43. The number of aliphatic hydroxyl groups is 1. The van der Waals surface area contributed by atoms with E-state index in [1.807, 2.05) is 24.3 Å². The quantitative estimate of drug-likeness (QED) is 0.658. The van der Waals surface area contributed by atoms with Gasteiger partial charge in [0.2, 0.25) is 5.60 Å². The molecule has 0 bridgehead atoms. The first-order valence-corrected chi connectivity index (χ1v) is 6.25. The second kappa shape index (κ2) is 5.36. The summed E-state index contributed by atoms with van der Waals surface area (Å²) in [5.74, 6) is -0.609. The van der Waals surface area contributed by atoms with Gasteiger partial charge in [0.05, 0.1) is 7.11 Å². The molecule has 0 spiro atoms. The van der Waals surface area contributed by atoms with Crippen LogP contribution in [0.1, 0.15) is 31.2 Å². The SMILES string of the molecule is COC(=O)C(O)(C1=CCCCC1)c1ccccc1. The largest absolute Gasteiger partial charge is 0.466 e. The average molecular weight is 246 g/mol. The number of ether oxygens (including phenoxy) is 1. The molecule has 0 aliphatic heterocycles. The molecule has 0 radical (unpaired) electrons. The Morgan fingerprint density at radius 1 is 1.28 bits per heavy atom. The van der Waals surface area contributed by atoms with Gasteiger partial charge in [0.25, 0.3) is 0 Å². The topological polar surface area (TPSA) is 46.5 Å². The van der Waals surface area contributed by atoms with Gasteiger partial charge in [-0.25, -0.2) is 4.79 Å². The van der Waals surface area contributed by atoms with Crippen LogP contribution in [0.4, 0.5) is 0 Å². The summed E-state index contributed by atoms with van der Waals surface area (Å²) in [6.07, 6.45) is 5.71. The van der Waals surface area contributed by atoms with E-state index < -0.39 is 11.6 Å². The Morgan fingerprint density at radius 3 is 2.56 bits per heavy atom. The molecule has 0 amide bonds. The first kappa shape index (κ1) is 12.8. The number of hydrogen-bond acceptors (Lipinski definition) is 3. The summed E-state index contributed by atoms with van der Waals surface area (Å²) >= 11 is 0. The van der Waals surface area contributed by atoms with Crippen LogP contribution >= 0.6 is 0 Å². The zero-order valence-corrected chi connectivity index (χ0v) is 10.6. The molecule has 2 rings (SSSR count). The van der Waals surface area contributed by atoms with Crippen LogP contribution < -0.4 is 0 Å². The van der Waals surface area contributed by atoms with E-state index in [-0.39, 0.29) is 0 Å². The summed E-state index contributed by atoms with van der Waals surface area (Å²) in [6, 6.07) is 8.99. The molecule has 0 fully saturated rings. The van der Waals surface area contributed by atoms with Crippen LogP contribution in [-0.2, 0) is 15.1 Å². The van der Waals surface area contributed by atoms with Crippen molar-refractivity contribution < 1.29 is 14.6 Å². The summed E-state index contributed by atoms with van der Waals surface area (Å²) in [7, 11) is 1.31. The van der Waals surface area contributed by atoms with E-state index in [9.17, 15) is 9.90 Å². The van der Waals surface area contributed by atoms with Crippen LogP contribution in [0.25, 0.3) is 0 Å². The number of benzene rings is 1. The van der Waals surface area contributed by atoms with Crippen LogP contribution in [0, 0.1) is 0 Å². The molecule has 1 aromatic carbocycles. The van der Waals surface area contributed by atoms with E-state index in [4.69, 9.17) is 4.74 Å². The van der Waals surface area contributed by atoms with Crippen molar-refractivity contribution in [1.82, 2.24) is 0 Å². The second-order valence-corrected chi connectivity index (χ2v) is 4.54. The Hall–Kier alpha value is -1.61. The maximum Gasteiger partial charge on any atom is 0.347 e. The highest BCUT2D eigenvalue weighted by atomic mass is 16.5. The smallest absolute Gasteiger partial charge is 0.347 e. The number of rotatable bonds is 3. The van der Waals surface area contributed by atoms with Crippen LogP contribution in [-0.4, -0.2) is 18.2 Å². The lowest BCUT2D eigenvalue weighted by Crippen LogP contribution is -2.39. The van der Waals surface area contributed by atoms with Crippen molar-refractivity contribution in [3.8, 4) is 0 Å². The van der Waals surface area contributed by atoms with Crippen molar-refractivity contribution >= 4 is 5.97 Å². The van der Waals surface area contributed by atoms with Crippen molar-refractivity contribution in [2.45, 2.75) is 31.3 Å². The highest BCUT2D eigenvalue weighted by Crippen LogP contribution is 2.36. The van der Waals surface area contributed by atoms with Crippen LogP contribution in [0.15, 0.2) is 42.0 Å². The molecule has 1 unspecified atom stereocenters. The molecule has 0 heterocycles. The van der Waals surface area contributed by atoms with E-state index >= 15 is 0 Å². The molecule has 1 aromatic rings. The predicted octanol–water partition coefficient (Wildman–Crippen LogP) is 2.55. The zero-order chi connectivity index (χ0) is 13.0. The van der Waals surface area contributed by atoms with Crippen LogP contribution in [0.5, 0.6) is 0 Å². The summed E-state index contributed by atoms with van der Waals surface area (Å²) in [5, 5.41) is 10.8. The van der Waals surface area contributed by atoms with E-state index in [2.05, 4.69) is 0 Å². The second-order valence-electron chi connectivity index (χ2n) is 4.54. The lowest BCUT2D eigenvalue weighted by molar-refractivity contribution is -0.159. The predicted molar refractivity (Wildman–Crippen MR) is 68.9 cm³/mol. The number of allylic oxidation sites excluding steroid dienone is 1. The minimum absolute atomic E-state index is 0.574. The summed E-state index contributed by atoms with van der Waals surface area (Å²) < 4.78 is 4.79. The van der Waals surface area contributed by atoms with Crippen molar-refractivity contribution in [3.63, 3.8) is 0 Å². The van der Waals surface area contributed by atoms with Gasteiger partial charge in [0.15, 0.2) is 0 Å². The van der Waals surface area contributed by atoms with Gasteiger partial charge >= 0.3 is 5.97 Å². The molecule has 1 N–H and O–H groups in total. The van der Waals surface area contributed by atoms with Gasteiger partial charge in [0, 0.05) is 0 Å². The Balaban J connectivity index is 2.47. The Labute approximate surface area is 107 Å². The fraction of sp³-hybridized carbons (Fsp3) is 0.400. The molecular weight excluding hydrogens is 228 g/mol. The molecular formula is C15H18O3. The Bertz CT molecular complexity index is 450. The monoisotopic (exact) mass is 246 g/mol. The fourth-order valence-electron chi connectivity index (χ4n) is 2.43. The van der Waals surface area contributed by atoms with Crippen molar-refractivity contribution in [1.29, 1.82) is 0 Å². The molecule has 18 heavy (non-hydrogen) atoms. The van der Waals surface area contributed by atoms with Gasteiger partial charge < -0.3 is 9.84 Å². The molecule has 3 nitrogen and oxygen atoms in total. The van der Waals surface area contributed by atoms with E-state index in [1.54, 1.807) is 12.1 Å². The lowest BCUT2D eigenvalue weighted by Gasteiger charge is -2.30. The fourth-order valence-corrected chi connectivity index (χ4v) is 2.43. The molecule has 3 heteroatoms. The summed E-state index contributed by atoms with van der Waals surface area (Å²) in [4.78, 5) is 12.0. The normalized spacial score (nSPS) is 18.7. The van der Waals surface area contributed by atoms with Gasteiger partial charge in [-0.05, 0) is 36.8 Å². The van der Waals surface area contributed by atoms with Gasteiger partial charge in [-0.1, -0.05) is 36.4 Å². The molecule has 0 aromatic heterocycles. The molecule has 0 saturated heterocycles. The van der Waals surface area contributed by atoms with Gasteiger partial charge in [0.1, 0.15) is 0 Å². The zero-order valence-electron chi connectivity index (χ0n) is 10.6. The van der Waals surface area contributed by atoms with E-state index in [0.717, 1.165) is 31.3 Å². The average Bonchev–Trinajstić information content (AvgIpc) is 2.47. The first-order valence-electron chi connectivity index (χ1n) is 6.25. The third kappa shape index (κ3) is 2.18. The molecule has 1 aliphatic carbocycles. The summed E-state index contributed by atoms with van der Waals surface area (Å²) in [5.41, 5.74) is -0.298. The lowest BCUT2D eigenvalue weighted by atomic mass is 9.80. The maximum atomic E-state index is 12.0. The highest BCUT2D eigenvalue weighted by molar-refractivity contribution is 5.85. The molecule has 1 atom stereocenters. The molecule has 0 saturated carbocycles. The van der Waals surface area contributed by atoms with Gasteiger partial charge in [-0.15, -0.1) is 0 Å². The maximum absolute atomic E-state index is 12.0. The van der Waals surface area contributed by atoms with E-state index in [1.165, 1.54) is 7.11 Å². The molecule has 96 valence electrons. The highest BCUT2D eigenvalue weighted by Gasteiger charge is 2.42. The Morgan fingerprint density at radius 2 is 2.00 bits per heavy atom. The third-order valence-electron chi connectivity index (χ3n) is 3.43. The van der Waals surface area contributed by atoms with Crippen LogP contribution in [0.3, 0.4) is 0 Å². The minimum atomic E-state index is -1.63. The number of carbonyl (C=O) groups is 1. The number of methoxy groups -OCH3 is 1. The van der Waals surface area contributed by atoms with Crippen LogP contribution in [0.2, 0.25) is 0 Å². The van der Waals surface area contributed by atoms with Gasteiger partial charge in [-0.3, -0.25) is 0 Å². The Kier molecular flexibility index (Phi) is 3.82. The number of hydrogen-bond donors (Lipinski definition) is 1. The number of esters is 1. The number of carbonyl (C=O) groups excluding carboxylic acids is 1.